The zero-order chi connectivity index (χ0) is 11.8. The van der Waals surface area contributed by atoms with Gasteiger partial charge in [-0.2, -0.15) is 0 Å². The number of hydrogen-bond acceptors (Lipinski definition) is 2. The smallest absolute Gasteiger partial charge is 0.0949 e. The first-order valence-corrected chi connectivity index (χ1v) is 6.65. The van der Waals surface area contributed by atoms with Crippen LogP contribution in [-0.4, -0.2) is 19.7 Å². The van der Waals surface area contributed by atoms with E-state index in [1.54, 1.807) is 0 Å². The molecule has 0 aromatic heterocycles. The Morgan fingerprint density at radius 2 is 1.94 bits per heavy atom. The Morgan fingerprint density at radius 1 is 1.25 bits per heavy atom. The van der Waals surface area contributed by atoms with Crippen LogP contribution in [0.2, 0.25) is 0 Å². The van der Waals surface area contributed by atoms with Crippen LogP contribution in [0.25, 0.3) is 0 Å². The summed E-state index contributed by atoms with van der Waals surface area (Å²) >= 11 is 3.44. The summed E-state index contributed by atoms with van der Waals surface area (Å²) in [5.74, 6) is 0. The van der Waals surface area contributed by atoms with Crippen molar-refractivity contribution in [2.45, 2.75) is 26.4 Å². The number of hydrogen-bond donors (Lipinski definition) is 1. The largest absolute Gasteiger partial charge is 0.372 e. The van der Waals surface area contributed by atoms with Crippen molar-refractivity contribution in [2.75, 3.05) is 19.7 Å². The topological polar surface area (TPSA) is 21.3 Å². The Balaban J connectivity index is 2.57. The molecule has 1 aromatic carbocycles. The van der Waals surface area contributed by atoms with Gasteiger partial charge in [0.05, 0.1) is 6.10 Å². The first kappa shape index (κ1) is 13.7. The molecule has 0 radical (unpaired) electrons. The van der Waals surface area contributed by atoms with Crippen LogP contribution in [0.4, 0.5) is 0 Å². The summed E-state index contributed by atoms with van der Waals surface area (Å²) in [4.78, 5) is 0. The van der Waals surface area contributed by atoms with E-state index in [-0.39, 0.29) is 6.10 Å². The zero-order valence-corrected chi connectivity index (χ0v) is 11.6. The van der Waals surface area contributed by atoms with Gasteiger partial charge in [0.15, 0.2) is 0 Å². The fraction of sp³-hybridized carbons (Fsp3) is 0.538. The maximum Gasteiger partial charge on any atom is 0.0949 e. The van der Waals surface area contributed by atoms with E-state index in [1.165, 1.54) is 5.56 Å². The molecule has 0 amide bonds. The summed E-state index contributed by atoms with van der Waals surface area (Å²) in [6, 6.07) is 8.33. The molecule has 1 atom stereocenters. The molecule has 90 valence electrons. The number of halogens is 1. The second-order valence-corrected chi connectivity index (χ2v) is 4.62. The molecular weight excluding hydrogens is 266 g/mol. The highest BCUT2D eigenvalue weighted by atomic mass is 79.9. The summed E-state index contributed by atoms with van der Waals surface area (Å²) in [5, 5.41) is 3.40. The van der Waals surface area contributed by atoms with Gasteiger partial charge >= 0.3 is 0 Å². The lowest BCUT2D eigenvalue weighted by atomic mass is 10.1. The summed E-state index contributed by atoms with van der Waals surface area (Å²) in [6.07, 6.45) is 1.31. The molecule has 3 heteroatoms. The van der Waals surface area contributed by atoms with Crippen molar-refractivity contribution in [1.29, 1.82) is 0 Å². The second kappa shape index (κ2) is 7.82. The monoisotopic (exact) mass is 285 g/mol. The van der Waals surface area contributed by atoms with Gasteiger partial charge in [-0.15, -0.1) is 0 Å². The van der Waals surface area contributed by atoms with Gasteiger partial charge in [0, 0.05) is 17.6 Å². The molecule has 1 aromatic rings. The lowest BCUT2D eigenvalue weighted by Gasteiger charge is -2.18. The summed E-state index contributed by atoms with van der Waals surface area (Å²) in [5.41, 5.74) is 1.23. The predicted octanol–water partition coefficient (Wildman–Crippen LogP) is 3.53. The minimum atomic E-state index is 0.157. The molecule has 0 bridgehead atoms. The van der Waals surface area contributed by atoms with Crippen molar-refractivity contribution in [2.24, 2.45) is 0 Å². The molecule has 0 aliphatic heterocycles. The minimum Gasteiger partial charge on any atom is -0.372 e. The Kier molecular flexibility index (Phi) is 6.69. The third-order valence-corrected chi connectivity index (χ3v) is 2.89. The van der Waals surface area contributed by atoms with Gasteiger partial charge in [0.2, 0.25) is 0 Å². The van der Waals surface area contributed by atoms with Gasteiger partial charge in [0.25, 0.3) is 0 Å². The van der Waals surface area contributed by atoms with E-state index in [2.05, 4.69) is 52.4 Å². The van der Waals surface area contributed by atoms with Gasteiger partial charge in [-0.05, 0) is 37.6 Å². The first-order valence-electron chi connectivity index (χ1n) is 5.85. The van der Waals surface area contributed by atoms with Crippen LogP contribution in [0.5, 0.6) is 0 Å². The molecular formula is C13H20BrNO. The molecule has 2 nitrogen and oxygen atoms in total. The van der Waals surface area contributed by atoms with Gasteiger partial charge in [0.1, 0.15) is 0 Å². The van der Waals surface area contributed by atoms with Crippen LogP contribution in [0, 0.1) is 0 Å². The Labute approximate surface area is 107 Å². The quantitative estimate of drug-likeness (QED) is 0.774. The Hall–Kier alpha value is -0.380. The van der Waals surface area contributed by atoms with Crippen LogP contribution in [0.1, 0.15) is 31.9 Å². The second-order valence-electron chi connectivity index (χ2n) is 3.70. The third-order valence-electron chi connectivity index (χ3n) is 2.37. The number of rotatable bonds is 7. The van der Waals surface area contributed by atoms with E-state index in [1.807, 2.05) is 6.92 Å². The van der Waals surface area contributed by atoms with Crippen molar-refractivity contribution in [3.63, 3.8) is 0 Å². The van der Waals surface area contributed by atoms with Crippen molar-refractivity contribution < 1.29 is 4.74 Å². The van der Waals surface area contributed by atoms with Crippen LogP contribution >= 0.6 is 15.9 Å². The first-order chi connectivity index (χ1) is 7.77. The van der Waals surface area contributed by atoms with Crippen molar-refractivity contribution >= 4 is 15.9 Å². The van der Waals surface area contributed by atoms with E-state index in [0.29, 0.717) is 0 Å². The molecule has 0 aliphatic rings. The average molecular weight is 286 g/mol. The lowest BCUT2D eigenvalue weighted by molar-refractivity contribution is 0.0625. The van der Waals surface area contributed by atoms with E-state index in [4.69, 9.17) is 4.74 Å². The van der Waals surface area contributed by atoms with Gasteiger partial charge in [-0.3, -0.25) is 0 Å². The molecule has 16 heavy (non-hydrogen) atoms. The molecule has 0 aliphatic carbocycles. The van der Waals surface area contributed by atoms with Crippen molar-refractivity contribution in [3.05, 3.63) is 34.3 Å². The number of nitrogens with one attached hydrogen (secondary N) is 1. The number of benzene rings is 1. The van der Waals surface area contributed by atoms with Crippen molar-refractivity contribution in [3.8, 4) is 0 Å². The Morgan fingerprint density at radius 3 is 2.50 bits per heavy atom. The van der Waals surface area contributed by atoms with Crippen molar-refractivity contribution in [1.82, 2.24) is 5.32 Å². The molecule has 1 N–H and O–H groups in total. The maximum atomic E-state index is 5.74. The summed E-state index contributed by atoms with van der Waals surface area (Å²) in [7, 11) is 0. The van der Waals surface area contributed by atoms with Crippen LogP contribution < -0.4 is 5.32 Å². The maximum absolute atomic E-state index is 5.74. The van der Waals surface area contributed by atoms with E-state index in [9.17, 15) is 0 Å². The SMILES string of the molecule is CCCNCC(OCC)c1ccc(Br)cc1. The molecule has 1 unspecified atom stereocenters. The minimum absolute atomic E-state index is 0.157. The van der Waals surface area contributed by atoms with E-state index in [0.717, 1.165) is 30.6 Å². The van der Waals surface area contributed by atoms with E-state index < -0.39 is 0 Å². The van der Waals surface area contributed by atoms with Gasteiger partial charge < -0.3 is 10.1 Å². The van der Waals surface area contributed by atoms with Crippen LogP contribution in [0.3, 0.4) is 0 Å². The molecule has 0 heterocycles. The van der Waals surface area contributed by atoms with Gasteiger partial charge in [-0.1, -0.05) is 35.0 Å². The van der Waals surface area contributed by atoms with Crippen LogP contribution in [-0.2, 0) is 4.74 Å². The lowest BCUT2D eigenvalue weighted by Crippen LogP contribution is -2.24. The standard InChI is InChI=1S/C13H20BrNO/c1-3-9-15-10-13(16-4-2)11-5-7-12(14)8-6-11/h5-8,13,15H,3-4,9-10H2,1-2H3. The number of ether oxygens (including phenoxy) is 1. The summed E-state index contributed by atoms with van der Waals surface area (Å²) < 4.78 is 6.84. The fourth-order valence-corrected chi connectivity index (χ4v) is 1.83. The average Bonchev–Trinajstić information content (AvgIpc) is 2.29. The van der Waals surface area contributed by atoms with Crippen LogP contribution in [0.15, 0.2) is 28.7 Å². The zero-order valence-electron chi connectivity index (χ0n) is 10.0. The molecule has 0 spiro atoms. The molecule has 0 saturated carbocycles. The molecule has 0 saturated heterocycles. The Bertz CT molecular complexity index is 286. The predicted molar refractivity (Wildman–Crippen MR) is 71.7 cm³/mol. The van der Waals surface area contributed by atoms with Gasteiger partial charge in [-0.25, -0.2) is 0 Å². The normalized spacial score (nSPS) is 12.7. The van der Waals surface area contributed by atoms with E-state index >= 15 is 0 Å². The third kappa shape index (κ3) is 4.64. The highest BCUT2D eigenvalue weighted by Crippen LogP contribution is 2.19. The molecule has 0 fully saturated rings. The molecule has 1 rings (SSSR count). The highest BCUT2D eigenvalue weighted by molar-refractivity contribution is 9.10. The summed E-state index contributed by atoms with van der Waals surface area (Å²) in [6.45, 7) is 6.87. The fourth-order valence-electron chi connectivity index (χ4n) is 1.56. The highest BCUT2D eigenvalue weighted by Gasteiger charge is 2.10.